The number of non-ortho nitro benzene ring substituents is 1. The van der Waals surface area contributed by atoms with Gasteiger partial charge in [-0.1, -0.05) is 12.1 Å². The highest BCUT2D eigenvalue weighted by Gasteiger charge is 2.31. The minimum absolute atomic E-state index is 0.0702. The topological polar surface area (TPSA) is 118 Å². The molecule has 0 saturated heterocycles. The summed E-state index contributed by atoms with van der Waals surface area (Å²) < 4.78 is 66.0. The number of carbonyl (C=O) groups is 1. The molecule has 0 aromatic heterocycles. The zero-order chi connectivity index (χ0) is 22.5. The zero-order valence-corrected chi connectivity index (χ0v) is 16.5. The number of sulfonamides is 1. The van der Waals surface area contributed by atoms with Gasteiger partial charge in [0.05, 0.1) is 10.5 Å². The molecule has 30 heavy (non-hydrogen) atoms. The van der Waals surface area contributed by atoms with E-state index in [-0.39, 0.29) is 24.3 Å². The van der Waals surface area contributed by atoms with Crippen LogP contribution < -0.4 is 10.0 Å². The number of anilines is 1. The quantitative estimate of drug-likeness (QED) is 0.478. The monoisotopic (exact) mass is 445 g/mol. The first-order chi connectivity index (χ1) is 13.9. The summed E-state index contributed by atoms with van der Waals surface area (Å²) in [6, 6.07) is 8.71. The molecule has 12 heteroatoms. The number of nitro benzene ring substituents is 1. The second-order valence-electron chi connectivity index (χ2n) is 6.41. The van der Waals surface area contributed by atoms with E-state index in [1.807, 2.05) is 0 Å². The van der Waals surface area contributed by atoms with E-state index in [1.54, 1.807) is 0 Å². The van der Waals surface area contributed by atoms with Gasteiger partial charge in [0, 0.05) is 31.3 Å². The van der Waals surface area contributed by atoms with E-state index in [0.29, 0.717) is 5.56 Å². The van der Waals surface area contributed by atoms with Gasteiger partial charge < -0.3 is 5.32 Å². The minimum Gasteiger partial charge on any atom is -0.355 e. The van der Waals surface area contributed by atoms with Gasteiger partial charge in [0.2, 0.25) is 15.9 Å². The highest BCUT2D eigenvalue weighted by Crippen LogP contribution is 2.29. The Morgan fingerprint density at radius 3 is 2.13 bits per heavy atom. The number of halogens is 3. The third kappa shape index (κ3) is 6.44. The molecule has 0 bridgehead atoms. The van der Waals surface area contributed by atoms with Crippen molar-refractivity contribution in [2.45, 2.75) is 24.8 Å². The lowest BCUT2D eigenvalue weighted by molar-refractivity contribution is -0.384. The Morgan fingerprint density at radius 2 is 1.67 bits per heavy atom. The summed E-state index contributed by atoms with van der Waals surface area (Å²) in [6.45, 7) is 0.921. The Labute approximate surface area is 170 Å². The average molecular weight is 445 g/mol. The molecule has 0 spiro atoms. The first kappa shape index (κ1) is 23.1. The van der Waals surface area contributed by atoms with Crippen LogP contribution in [0.1, 0.15) is 18.1 Å². The number of amides is 1. The predicted octanol–water partition coefficient (Wildman–Crippen LogP) is 3.10. The van der Waals surface area contributed by atoms with Gasteiger partial charge in [0.1, 0.15) is 5.25 Å². The van der Waals surface area contributed by atoms with Crippen LogP contribution >= 0.6 is 0 Å². The smallest absolute Gasteiger partial charge is 0.355 e. The number of hydrogen-bond donors (Lipinski definition) is 2. The molecule has 1 atom stereocenters. The highest BCUT2D eigenvalue weighted by atomic mass is 32.2. The normalized spacial score (nSPS) is 12.8. The molecule has 0 fully saturated rings. The molecular weight excluding hydrogens is 427 g/mol. The van der Waals surface area contributed by atoms with E-state index in [1.165, 1.54) is 31.2 Å². The van der Waals surface area contributed by atoms with Crippen molar-refractivity contribution in [3.8, 4) is 0 Å². The fourth-order valence-corrected chi connectivity index (χ4v) is 3.89. The van der Waals surface area contributed by atoms with Gasteiger partial charge in [-0.3, -0.25) is 19.6 Å². The zero-order valence-electron chi connectivity index (χ0n) is 15.6. The van der Waals surface area contributed by atoms with Gasteiger partial charge in [0.25, 0.3) is 5.69 Å². The third-order valence-corrected chi connectivity index (χ3v) is 5.83. The SMILES string of the molecule is CC(=O)NC[C@H](Cc1ccc(C(F)(F)F)cc1)S(=O)(=O)Nc1ccc([N+](=O)[O-])cc1. The molecular formula is C18H18F3N3O5S. The summed E-state index contributed by atoms with van der Waals surface area (Å²) >= 11 is 0. The predicted molar refractivity (Wildman–Crippen MR) is 103 cm³/mol. The number of nitrogens with one attached hydrogen (secondary N) is 2. The minimum atomic E-state index is -4.52. The first-order valence-corrected chi connectivity index (χ1v) is 10.1. The lowest BCUT2D eigenvalue weighted by Gasteiger charge is -2.19. The lowest BCUT2D eigenvalue weighted by Crippen LogP contribution is -2.40. The van der Waals surface area contributed by atoms with Crippen molar-refractivity contribution in [2.24, 2.45) is 0 Å². The number of nitrogens with zero attached hydrogens (tertiary/aromatic N) is 1. The molecule has 2 N–H and O–H groups in total. The van der Waals surface area contributed by atoms with Crippen LogP contribution in [-0.2, 0) is 27.4 Å². The molecule has 2 rings (SSSR count). The Kier molecular flexibility index (Phi) is 7.03. The van der Waals surface area contributed by atoms with Crippen LogP contribution in [-0.4, -0.2) is 31.0 Å². The van der Waals surface area contributed by atoms with Gasteiger partial charge in [-0.15, -0.1) is 0 Å². The Hall–Kier alpha value is -3.15. The maximum absolute atomic E-state index is 12.8. The van der Waals surface area contributed by atoms with Gasteiger partial charge in [-0.05, 0) is 36.2 Å². The first-order valence-electron chi connectivity index (χ1n) is 8.55. The maximum atomic E-state index is 12.8. The Balaban J connectivity index is 2.23. The van der Waals surface area contributed by atoms with Crippen molar-refractivity contribution < 1.29 is 31.3 Å². The van der Waals surface area contributed by atoms with Crippen molar-refractivity contribution >= 4 is 27.3 Å². The molecule has 1 amide bonds. The van der Waals surface area contributed by atoms with E-state index >= 15 is 0 Å². The molecule has 162 valence electrons. The number of carbonyl (C=O) groups excluding carboxylic acids is 1. The highest BCUT2D eigenvalue weighted by molar-refractivity contribution is 7.93. The fraction of sp³-hybridized carbons (Fsp3) is 0.278. The van der Waals surface area contributed by atoms with Crippen LogP contribution in [0.15, 0.2) is 48.5 Å². The number of hydrogen-bond acceptors (Lipinski definition) is 5. The maximum Gasteiger partial charge on any atom is 0.416 e. The van der Waals surface area contributed by atoms with E-state index in [4.69, 9.17) is 0 Å². The Bertz CT molecular complexity index is 1010. The van der Waals surface area contributed by atoms with Crippen LogP contribution in [0.5, 0.6) is 0 Å². The molecule has 0 radical (unpaired) electrons. The van der Waals surface area contributed by atoms with Crippen molar-refractivity contribution in [3.05, 3.63) is 69.8 Å². The fourth-order valence-electron chi connectivity index (χ4n) is 2.54. The third-order valence-electron chi connectivity index (χ3n) is 4.10. The number of rotatable bonds is 8. The van der Waals surface area contributed by atoms with E-state index in [9.17, 15) is 36.5 Å². The largest absolute Gasteiger partial charge is 0.416 e. The molecule has 0 aliphatic rings. The second-order valence-corrected chi connectivity index (χ2v) is 8.37. The lowest BCUT2D eigenvalue weighted by atomic mass is 10.1. The molecule has 2 aromatic rings. The van der Waals surface area contributed by atoms with E-state index in [0.717, 1.165) is 24.3 Å². The van der Waals surface area contributed by atoms with Crippen molar-refractivity contribution in [3.63, 3.8) is 0 Å². The van der Waals surface area contributed by atoms with E-state index < -0.39 is 37.8 Å². The molecule has 0 saturated carbocycles. The molecule has 0 heterocycles. The summed E-state index contributed by atoms with van der Waals surface area (Å²) in [5.41, 5.74) is -0.692. The van der Waals surface area contributed by atoms with Gasteiger partial charge >= 0.3 is 6.18 Å². The second kappa shape index (κ2) is 9.11. The molecule has 0 aliphatic carbocycles. The van der Waals surface area contributed by atoms with Crippen LogP contribution in [0.2, 0.25) is 0 Å². The van der Waals surface area contributed by atoms with Crippen LogP contribution in [0.25, 0.3) is 0 Å². The van der Waals surface area contributed by atoms with Gasteiger partial charge in [0.15, 0.2) is 0 Å². The average Bonchev–Trinajstić information content (AvgIpc) is 2.64. The molecule has 2 aromatic carbocycles. The molecule has 0 unspecified atom stereocenters. The summed E-state index contributed by atoms with van der Waals surface area (Å²) in [5, 5.41) is 11.9. The van der Waals surface area contributed by atoms with Crippen LogP contribution in [0.4, 0.5) is 24.5 Å². The number of alkyl halides is 3. The molecule has 8 nitrogen and oxygen atoms in total. The van der Waals surface area contributed by atoms with Crippen molar-refractivity contribution in [1.29, 1.82) is 0 Å². The summed E-state index contributed by atoms with van der Waals surface area (Å²) in [4.78, 5) is 21.3. The van der Waals surface area contributed by atoms with Crippen molar-refractivity contribution in [1.82, 2.24) is 5.32 Å². The number of benzene rings is 2. The van der Waals surface area contributed by atoms with Gasteiger partial charge in [-0.2, -0.15) is 13.2 Å². The molecule has 0 aliphatic heterocycles. The van der Waals surface area contributed by atoms with Crippen LogP contribution in [0.3, 0.4) is 0 Å². The summed E-state index contributed by atoms with van der Waals surface area (Å²) in [7, 11) is -4.10. The summed E-state index contributed by atoms with van der Waals surface area (Å²) in [5.74, 6) is -0.474. The Morgan fingerprint density at radius 1 is 1.10 bits per heavy atom. The van der Waals surface area contributed by atoms with E-state index in [2.05, 4.69) is 10.0 Å². The number of nitro groups is 1. The van der Waals surface area contributed by atoms with Crippen LogP contribution in [0, 0.1) is 10.1 Å². The summed E-state index contributed by atoms with van der Waals surface area (Å²) in [6.07, 6.45) is -4.68. The standard InChI is InChI=1S/C18H18F3N3O5S/c1-12(25)22-11-17(10-13-2-4-14(5-3-13)18(19,20)21)30(28,29)23-15-6-8-16(9-7-15)24(26)27/h2-9,17,23H,10-11H2,1H3,(H,22,25)/t17-/m0/s1. The van der Waals surface area contributed by atoms with Crippen molar-refractivity contribution in [2.75, 3.05) is 11.3 Å². The van der Waals surface area contributed by atoms with Gasteiger partial charge in [-0.25, -0.2) is 8.42 Å².